The van der Waals surface area contributed by atoms with Crippen molar-refractivity contribution >= 4 is 17.5 Å². The van der Waals surface area contributed by atoms with Gasteiger partial charge in [-0.3, -0.25) is 4.90 Å². The zero-order chi connectivity index (χ0) is 16.5. The molecule has 1 saturated heterocycles. The fourth-order valence-electron chi connectivity index (χ4n) is 3.17. The lowest BCUT2D eigenvalue weighted by Crippen LogP contribution is -2.33. The van der Waals surface area contributed by atoms with Gasteiger partial charge in [0.05, 0.1) is 12.3 Å². The highest BCUT2D eigenvalue weighted by Crippen LogP contribution is 2.25. The van der Waals surface area contributed by atoms with Crippen molar-refractivity contribution < 1.29 is 0 Å². The van der Waals surface area contributed by atoms with Gasteiger partial charge in [-0.1, -0.05) is 48.5 Å². The van der Waals surface area contributed by atoms with Crippen molar-refractivity contribution in [2.45, 2.75) is 38.4 Å². The average molecular weight is 341 g/mol. The summed E-state index contributed by atoms with van der Waals surface area (Å²) in [6.45, 7) is 7.57. The first-order valence-corrected chi connectivity index (χ1v) is 9.62. The number of aromatic nitrogens is 3. The summed E-state index contributed by atoms with van der Waals surface area (Å²) < 4.78 is 1.95. The molecule has 0 saturated carbocycles. The molecule has 2 aromatic rings. The normalized spacial score (nSPS) is 19.2. The van der Waals surface area contributed by atoms with Crippen molar-refractivity contribution in [3.63, 3.8) is 0 Å². The van der Waals surface area contributed by atoms with Crippen LogP contribution in [0.2, 0.25) is 0 Å². The minimum absolute atomic E-state index is 0.838. The molecular formula is C18H23N5S. The summed E-state index contributed by atoms with van der Waals surface area (Å²) in [6.07, 6.45) is 2.54. The van der Waals surface area contributed by atoms with Crippen LogP contribution in [0.5, 0.6) is 0 Å². The number of nitrogens with zero attached hydrogens (tertiary/aromatic N) is 5. The molecule has 0 atom stereocenters. The van der Waals surface area contributed by atoms with Gasteiger partial charge in [-0.05, 0) is 44.3 Å². The number of piperidine rings is 1. The Morgan fingerprint density at radius 2 is 1.88 bits per heavy atom. The van der Waals surface area contributed by atoms with Gasteiger partial charge in [0.25, 0.3) is 0 Å². The maximum absolute atomic E-state index is 4.85. The first-order valence-electron chi connectivity index (χ1n) is 8.63. The van der Waals surface area contributed by atoms with Gasteiger partial charge >= 0.3 is 0 Å². The number of aryl methyl sites for hydroxylation is 1. The van der Waals surface area contributed by atoms with Gasteiger partial charge in [0, 0.05) is 5.75 Å². The van der Waals surface area contributed by atoms with E-state index in [0.29, 0.717) is 0 Å². The van der Waals surface area contributed by atoms with Crippen LogP contribution in [0.4, 0.5) is 0 Å². The van der Waals surface area contributed by atoms with Gasteiger partial charge in [-0.25, -0.2) is 0 Å². The van der Waals surface area contributed by atoms with Crippen LogP contribution in [-0.4, -0.2) is 44.3 Å². The fourth-order valence-corrected chi connectivity index (χ4v) is 4.03. The van der Waals surface area contributed by atoms with E-state index >= 15 is 0 Å². The highest BCUT2D eigenvalue weighted by atomic mass is 32.2. The average Bonchev–Trinajstić information content (AvgIpc) is 3.00. The van der Waals surface area contributed by atoms with Crippen LogP contribution < -0.4 is 0 Å². The zero-order valence-electron chi connectivity index (χ0n) is 14.3. The van der Waals surface area contributed by atoms with E-state index in [1.807, 2.05) is 4.68 Å². The number of thioether (sulfide) groups is 1. The Hall–Kier alpha value is -1.66. The summed E-state index contributed by atoms with van der Waals surface area (Å²) in [5.74, 6) is 2.65. The molecule has 0 N–H and O–H groups in total. The molecule has 1 fully saturated rings. The smallest absolute Gasteiger partial charge is 0.212 e. The van der Waals surface area contributed by atoms with E-state index < -0.39 is 0 Å². The maximum atomic E-state index is 4.85. The quantitative estimate of drug-likeness (QED) is 0.860. The molecule has 126 valence electrons. The number of benzene rings is 1. The molecule has 4 rings (SSSR count). The van der Waals surface area contributed by atoms with Crippen molar-refractivity contribution in [3.05, 3.63) is 41.2 Å². The number of rotatable bonds is 3. The predicted molar refractivity (Wildman–Crippen MR) is 97.5 cm³/mol. The van der Waals surface area contributed by atoms with E-state index in [1.165, 1.54) is 24.0 Å². The molecule has 1 aromatic heterocycles. The van der Waals surface area contributed by atoms with Gasteiger partial charge < -0.3 is 0 Å². The molecule has 5 nitrogen and oxygen atoms in total. The molecular weight excluding hydrogens is 318 g/mol. The lowest BCUT2D eigenvalue weighted by Gasteiger charge is -2.29. The van der Waals surface area contributed by atoms with E-state index in [4.69, 9.17) is 5.10 Å². The second-order valence-corrected chi connectivity index (χ2v) is 7.81. The van der Waals surface area contributed by atoms with Crippen LogP contribution in [0.3, 0.4) is 0 Å². The van der Waals surface area contributed by atoms with Gasteiger partial charge in [0.1, 0.15) is 0 Å². The van der Waals surface area contributed by atoms with Crippen LogP contribution >= 0.6 is 11.8 Å². The molecule has 6 heteroatoms. The van der Waals surface area contributed by atoms with E-state index in [1.54, 1.807) is 11.8 Å². The molecule has 24 heavy (non-hydrogen) atoms. The van der Waals surface area contributed by atoms with Crippen LogP contribution in [0.1, 0.15) is 36.7 Å². The van der Waals surface area contributed by atoms with Gasteiger partial charge in [-0.2, -0.15) is 9.78 Å². The van der Waals surface area contributed by atoms with Crippen LogP contribution in [-0.2, 0) is 6.54 Å². The van der Waals surface area contributed by atoms with E-state index in [9.17, 15) is 0 Å². The summed E-state index contributed by atoms with van der Waals surface area (Å²) >= 11 is 1.72. The summed E-state index contributed by atoms with van der Waals surface area (Å²) in [5.41, 5.74) is 3.55. The number of hydrogen-bond acceptors (Lipinski definition) is 5. The van der Waals surface area contributed by atoms with E-state index in [-0.39, 0.29) is 0 Å². The molecule has 3 heterocycles. The number of fused-ring (bicyclic) bond motifs is 1. The minimum atomic E-state index is 0.838. The molecule has 2 aliphatic rings. The highest BCUT2D eigenvalue weighted by molar-refractivity contribution is 7.99. The number of likely N-dealkylation sites (tertiary alicyclic amines) is 1. The van der Waals surface area contributed by atoms with Crippen LogP contribution in [0, 0.1) is 12.8 Å². The molecule has 1 aromatic carbocycles. The summed E-state index contributed by atoms with van der Waals surface area (Å²) in [7, 11) is 0. The summed E-state index contributed by atoms with van der Waals surface area (Å²) in [6, 6.07) is 8.57. The Morgan fingerprint density at radius 3 is 2.62 bits per heavy atom. The monoisotopic (exact) mass is 341 g/mol. The Balaban J connectivity index is 1.56. The lowest BCUT2D eigenvalue weighted by molar-refractivity contribution is 0.179. The predicted octanol–water partition coefficient (Wildman–Crippen LogP) is 3.18. The third-order valence-corrected chi connectivity index (χ3v) is 5.79. The molecule has 0 spiro atoms. The second-order valence-electron chi connectivity index (χ2n) is 6.87. The van der Waals surface area contributed by atoms with Crippen molar-refractivity contribution in [3.8, 4) is 0 Å². The Labute approximate surface area is 147 Å². The number of hydrogen-bond donors (Lipinski definition) is 0. The van der Waals surface area contributed by atoms with Gasteiger partial charge in [0.15, 0.2) is 5.82 Å². The van der Waals surface area contributed by atoms with Crippen molar-refractivity contribution in [2.24, 2.45) is 11.0 Å². The van der Waals surface area contributed by atoms with Gasteiger partial charge in [-0.15, -0.1) is 10.2 Å². The Morgan fingerprint density at radius 1 is 1.12 bits per heavy atom. The first kappa shape index (κ1) is 15.8. The second kappa shape index (κ2) is 6.69. The van der Waals surface area contributed by atoms with E-state index in [2.05, 4.69) is 53.2 Å². The molecule has 0 unspecified atom stereocenters. The molecule has 0 radical (unpaired) electrons. The third kappa shape index (κ3) is 3.26. The molecule has 2 aliphatic heterocycles. The van der Waals surface area contributed by atoms with Crippen molar-refractivity contribution in [1.29, 1.82) is 0 Å². The highest BCUT2D eigenvalue weighted by Gasteiger charge is 2.23. The SMILES string of the molecule is Cc1ccc(C2=Nn3c(CN4CCC(C)CC4)nnc3SC2)cc1. The molecule has 0 amide bonds. The topological polar surface area (TPSA) is 46.3 Å². The summed E-state index contributed by atoms with van der Waals surface area (Å²) in [5, 5.41) is 14.5. The fraction of sp³-hybridized carbons (Fsp3) is 0.500. The summed E-state index contributed by atoms with van der Waals surface area (Å²) in [4.78, 5) is 2.47. The van der Waals surface area contributed by atoms with Crippen molar-refractivity contribution in [1.82, 2.24) is 19.8 Å². The largest absolute Gasteiger partial charge is 0.296 e. The van der Waals surface area contributed by atoms with Crippen molar-refractivity contribution in [2.75, 3.05) is 18.8 Å². The third-order valence-electron chi connectivity index (χ3n) is 4.86. The van der Waals surface area contributed by atoms with Crippen LogP contribution in [0.25, 0.3) is 0 Å². The first-order chi connectivity index (χ1) is 11.7. The standard InChI is InChI=1S/C18H23N5S/c1-13-3-5-15(6-4-13)16-12-24-18-20-19-17(23(18)21-16)11-22-9-7-14(2)8-10-22/h3-6,14H,7-12H2,1-2H3. The molecule has 0 aliphatic carbocycles. The lowest BCUT2D eigenvalue weighted by atomic mass is 9.99. The Kier molecular flexibility index (Phi) is 4.41. The Bertz CT molecular complexity index is 741. The minimum Gasteiger partial charge on any atom is -0.296 e. The maximum Gasteiger partial charge on any atom is 0.212 e. The zero-order valence-corrected chi connectivity index (χ0v) is 15.1. The van der Waals surface area contributed by atoms with Gasteiger partial charge in [0.2, 0.25) is 5.16 Å². The molecule has 0 bridgehead atoms. The van der Waals surface area contributed by atoms with Crippen LogP contribution in [0.15, 0.2) is 34.5 Å². The van der Waals surface area contributed by atoms with E-state index in [0.717, 1.165) is 48.0 Å².